The van der Waals surface area contributed by atoms with Crippen LogP contribution in [-0.4, -0.2) is 43.9 Å². The molecule has 0 fully saturated rings. The van der Waals surface area contributed by atoms with Crippen LogP contribution < -0.4 is 5.32 Å². The van der Waals surface area contributed by atoms with Crippen molar-refractivity contribution in [2.75, 3.05) is 33.0 Å². The van der Waals surface area contributed by atoms with Gasteiger partial charge < -0.3 is 9.22 Å². The number of quaternary nitrogens is 1. The number of carbonyl (C=O) groups excluding carboxylic acids is 1. The topological polar surface area (TPSA) is 38.3 Å². The van der Waals surface area contributed by atoms with Gasteiger partial charge in [-0.3, -0.25) is 5.32 Å². The largest absolute Gasteiger partial charge is 0.430 e. The lowest BCUT2D eigenvalue weighted by molar-refractivity contribution is -0.862. The van der Waals surface area contributed by atoms with Gasteiger partial charge in [0, 0.05) is 5.69 Å². The van der Waals surface area contributed by atoms with Gasteiger partial charge in [-0.1, -0.05) is 24.1 Å². The fraction of sp³-hybridized carbons (Fsp3) is 0.438. The molecule has 1 amide bonds. The normalized spacial score (nSPS) is 11.2. The van der Waals surface area contributed by atoms with Crippen LogP contribution in [-0.2, 0) is 4.74 Å². The van der Waals surface area contributed by atoms with Crippen LogP contribution >= 0.6 is 0 Å². The first-order valence-corrected chi connectivity index (χ1v) is 6.53. The molecule has 1 N–H and O–H groups in total. The summed E-state index contributed by atoms with van der Waals surface area (Å²) < 4.78 is 6.08. The predicted octanol–water partition coefficient (Wildman–Crippen LogP) is 2.72. The lowest BCUT2D eigenvalue weighted by Crippen LogP contribution is -2.35. The number of para-hydroxylation sites is 1. The number of ether oxygens (including phenoxy) is 1. The first kappa shape index (κ1) is 16.1. The van der Waals surface area contributed by atoms with Crippen molar-refractivity contribution in [3.63, 3.8) is 0 Å². The molecule has 0 radical (unpaired) electrons. The molecule has 1 aromatic rings. The average molecular weight is 275 g/mol. The zero-order valence-corrected chi connectivity index (χ0v) is 12.9. The molecule has 1 aromatic carbocycles. The summed E-state index contributed by atoms with van der Waals surface area (Å²) in [5, 5.41) is 2.67. The highest BCUT2D eigenvalue weighted by Gasteiger charge is 2.20. The van der Waals surface area contributed by atoms with Gasteiger partial charge >= 0.3 is 6.09 Å². The van der Waals surface area contributed by atoms with Gasteiger partial charge in [-0.15, -0.1) is 0 Å². The van der Waals surface area contributed by atoms with Gasteiger partial charge in [0.05, 0.1) is 21.1 Å². The number of carbonyl (C=O) groups is 1. The third-order valence-electron chi connectivity index (χ3n) is 2.31. The third-order valence-corrected chi connectivity index (χ3v) is 2.31. The SMILES string of the molecule is CC(C)(C#CC[N+](C)(C)C)OC(=O)Nc1ccccc1. The van der Waals surface area contributed by atoms with Gasteiger partial charge in [0.25, 0.3) is 0 Å². The molecule has 0 spiro atoms. The minimum atomic E-state index is -0.811. The smallest absolute Gasteiger partial charge is 0.413 e. The Morgan fingerprint density at radius 1 is 1.25 bits per heavy atom. The van der Waals surface area contributed by atoms with Crippen molar-refractivity contribution in [3.8, 4) is 11.8 Å². The molecule has 0 aliphatic heterocycles. The van der Waals surface area contributed by atoms with E-state index in [0.717, 1.165) is 4.48 Å². The number of amides is 1. The van der Waals surface area contributed by atoms with Gasteiger partial charge in [-0.25, -0.2) is 4.79 Å². The van der Waals surface area contributed by atoms with E-state index in [-0.39, 0.29) is 0 Å². The summed E-state index contributed by atoms with van der Waals surface area (Å²) >= 11 is 0. The molecule has 0 aromatic heterocycles. The fourth-order valence-corrected chi connectivity index (χ4v) is 1.41. The van der Waals surface area contributed by atoms with Gasteiger partial charge in [-0.05, 0) is 31.9 Å². The molecule has 4 nitrogen and oxygen atoms in total. The van der Waals surface area contributed by atoms with Crippen molar-refractivity contribution in [1.29, 1.82) is 0 Å². The average Bonchev–Trinajstić information content (AvgIpc) is 2.26. The van der Waals surface area contributed by atoms with E-state index < -0.39 is 11.7 Å². The molecule has 108 valence electrons. The van der Waals surface area contributed by atoms with Crippen molar-refractivity contribution in [1.82, 2.24) is 0 Å². The number of rotatable bonds is 3. The Kier molecular flexibility index (Phi) is 5.18. The quantitative estimate of drug-likeness (QED) is 0.680. The molecular weight excluding hydrogens is 252 g/mol. The van der Waals surface area contributed by atoms with Crippen LogP contribution in [0.5, 0.6) is 0 Å². The van der Waals surface area contributed by atoms with Crippen LogP contribution in [0.25, 0.3) is 0 Å². The van der Waals surface area contributed by atoms with E-state index in [1.807, 2.05) is 18.2 Å². The summed E-state index contributed by atoms with van der Waals surface area (Å²) in [7, 11) is 6.18. The summed E-state index contributed by atoms with van der Waals surface area (Å²) in [6.07, 6.45) is -0.499. The second-order valence-corrected chi connectivity index (χ2v) is 6.14. The lowest BCUT2D eigenvalue weighted by atomic mass is 10.1. The highest BCUT2D eigenvalue weighted by molar-refractivity contribution is 5.84. The molecule has 0 atom stereocenters. The second kappa shape index (κ2) is 6.44. The molecule has 0 aliphatic rings. The molecule has 20 heavy (non-hydrogen) atoms. The molecule has 1 rings (SSSR count). The minimum absolute atomic E-state index is 0.499. The summed E-state index contributed by atoms with van der Waals surface area (Å²) in [6, 6.07) is 9.19. The Morgan fingerprint density at radius 2 is 1.85 bits per heavy atom. The standard InChI is InChI=1S/C16H22N2O2/c1-16(2,12-9-13-18(3,4)5)20-15(19)17-14-10-7-6-8-11-14/h6-8,10-11H,13H2,1-5H3/p+1. The van der Waals surface area contributed by atoms with E-state index >= 15 is 0 Å². The Labute approximate surface area is 121 Å². The lowest BCUT2D eigenvalue weighted by Gasteiger charge is -2.22. The maximum absolute atomic E-state index is 11.8. The summed E-state index contributed by atoms with van der Waals surface area (Å²) in [5.41, 5.74) is -0.110. The fourth-order valence-electron chi connectivity index (χ4n) is 1.41. The molecular formula is C16H23N2O2+. The van der Waals surface area contributed by atoms with Crippen LogP contribution in [0.15, 0.2) is 30.3 Å². The number of benzene rings is 1. The highest BCUT2D eigenvalue weighted by Crippen LogP contribution is 2.11. The zero-order chi connectivity index (χ0) is 15.2. The van der Waals surface area contributed by atoms with Crippen molar-refractivity contribution in [2.24, 2.45) is 0 Å². The summed E-state index contributed by atoms with van der Waals surface area (Å²) in [4.78, 5) is 11.8. The van der Waals surface area contributed by atoms with E-state index in [1.54, 1.807) is 26.0 Å². The first-order chi connectivity index (χ1) is 9.18. The summed E-state index contributed by atoms with van der Waals surface area (Å²) in [6.45, 7) is 4.26. The Hall–Kier alpha value is -1.99. The molecule has 0 saturated heterocycles. The number of hydrogen-bond acceptors (Lipinski definition) is 2. The Bertz CT molecular complexity index is 505. The van der Waals surface area contributed by atoms with Crippen LogP contribution in [0.4, 0.5) is 10.5 Å². The van der Waals surface area contributed by atoms with Gasteiger partial charge in [-0.2, -0.15) is 0 Å². The second-order valence-electron chi connectivity index (χ2n) is 6.14. The van der Waals surface area contributed by atoms with Gasteiger partial charge in [0.15, 0.2) is 5.60 Å². The van der Waals surface area contributed by atoms with Crippen molar-refractivity contribution in [3.05, 3.63) is 30.3 Å². The first-order valence-electron chi connectivity index (χ1n) is 6.53. The number of anilines is 1. The van der Waals surface area contributed by atoms with Crippen molar-refractivity contribution in [2.45, 2.75) is 19.4 Å². The number of nitrogens with one attached hydrogen (secondary N) is 1. The maximum Gasteiger partial charge on any atom is 0.413 e. The van der Waals surface area contributed by atoms with Gasteiger partial charge in [0.1, 0.15) is 6.54 Å². The van der Waals surface area contributed by atoms with Crippen molar-refractivity contribution >= 4 is 11.8 Å². The maximum atomic E-state index is 11.8. The van der Waals surface area contributed by atoms with E-state index in [9.17, 15) is 4.79 Å². The van der Waals surface area contributed by atoms with Gasteiger partial charge in [0.2, 0.25) is 0 Å². The molecule has 0 bridgehead atoms. The van der Waals surface area contributed by atoms with E-state index in [0.29, 0.717) is 12.2 Å². The third kappa shape index (κ3) is 6.81. The predicted molar refractivity (Wildman–Crippen MR) is 81.3 cm³/mol. The molecule has 0 aliphatic carbocycles. The monoisotopic (exact) mass is 275 g/mol. The summed E-state index contributed by atoms with van der Waals surface area (Å²) in [5.74, 6) is 6.04. The zero-order valence-electron chi connectivity index (χ0n) is 12.9. The molecule has 4 heteroatoms. The molecule has 0 unspecified atom stereocenters. The van der Waals surface area contributed by atoms with Crippen LogP contribution in [0, 0.1) is 11.8 Å². The van der Waals surface area contributed by atoms with E-state index in [4.69, 9.17) is 4.74 Å². The highest BCUT2D eigenvalue weighted by atomic mass is 16.6. The minimum Gasteiger partial charge on any atom is -0.430 e. The van der Waals surface area contributed by atoms with Crippen LogP contribution in [0.1, 0.15) is 13.8 Å². The van der Waals surface area contributed by atoms with Crippen LogP contribution in [0.3, 0.4) is 0 Å². The number of nitrogens with zero attached hydrogens (tertiary/aromatic N) is 1. The van der Waals surface area contributed by atoms with Crippen molar-refractivity contribution < 1.29 is 14.0 Å². The van der Waals surface area contributed by atoms with E-state index in [2.05, 4.69) is 38.3 Å². The number of hydrogen-bond donors (Lipinski definition) is 1. The van der Waals surface area contributed by atoms with Crippen LogP contribution in [0.2, 0.25) is 0 Å². The molecule has 0 heterocycles. The Morgan fingerprint density at radius 3 is 2.40 bits per heavy atom. The van der Waals surface area contributed by atoms with E-state index in [1.165, 1.54) is 0 Å². The Balaban J connectivity index is 2.55. The molecule has 0 saturated carbocycles.